The fourth-order valence-electron chi connectivity index (χ4n) is 1.89. The molecule has 9 nitrogen and oxygen atoms in total. The van der Waals surface area contributed by atoms with Gasteiger partial charge in [-0.3, -0.25) is 9.78 Å². The highest BCUT2D eigenvalue weighted by Gasteiger charge is 2.32. The maximum atomic E-state index is 11.8. The highest BCUT2D eigenvalue weighted by molar-refractivity contribution is 5.81. The third kappa shape index (κ3) is 5.35. The molecule has 2 N–H and O–H groups in total. The Kier molecular flexibility index (Phi) is 6.18. The summed E-state index contributed by atoms with van der Waals surface area (Å²) in [5.74, 6) is -0.497. The first-order chi connectivity index (χ1) is 11.9. The Bertz CT molecular complexity index is 714. The average molecular weight is 348 g/mol. The van der Waals surface area contributed by atoms with Crippen molar-refractivity contribution in [1.82, 2.24) is 20.4 Å². The van der Waals surface area contributed by atoms with E-state index in [4.69, 9.17) is 9.26 Å². The van der Waals surface area contributed by atoms with E-state index in [0.29, 0.717) is 17.4 Å². The predicted molar refractivity (Wildman–Crippen MR) is 86.1 cm³/mol. The first kappa shape index (κ1) is 18.5. The zero-order valence-electron chi connectivity index (χ0n) is 14.1. The van der Waals surface area contributed by atoms with Crippen LogP contribution in [-0.2, 0) is 20.7 Å². The number of aryl methyl sites for hydroxylation is 1. The molecule has 9 heteroatoms. The summed E-state index contributed by atoms with van der Waals surface area (Å²) in [4.78, 5) is 31.7. The number of amides is 1. The van der Waals surface area contributed by atoms with Gasteiger partial charge in [-0.05, 0) is 26.0 Å². The largest absolute Gasteiger partial charge is 0.464 e. The number of hydrogen-bond donors (Lipinski definition) is 2. The quantitative estimate of drug-likeness (QED) is 0.660. The van der Waals surface area contributed by atoms with E-state index in [1.165, 1.54) is 6.92 Å². The van der Waals surface area contributed by atoms with Crippen molar-refractivity contribution in [2.75, 3.05) is 13.2 Å². The van der Waals surface area contributed by atoms with E-state index < -0.39 is 11.6 Å². The smallest absolute Gasteiger partial charge is 0.339 e. The van der Waals surface area contributed by atoms with Crippen LogP contribution in [0.2, 0.25) is 0 Å². The van der Waals surface area contributed by atoms with Gasteiger partial charge in [-0.25, -0.2) is 4.79 Å². The van der Waals surface area contributed by atoms with E-state index in [1.54, 1.807) is 31.3 Å². The van der Waals surface area contributed by atoms with E-state index in [2.05, 4.69) is 20.4 Å². The van der Waals surface area contributed by atoms with Gasteiger partial charge in [-0.1, -0.05) is 11.2 Å². The van der Waals surface area contributed by atoms with Crippen molar-refractivity contribution in [3.05, 3.63) is 30.3 Å². The van der Waals surface area contributed by atoms with Gasteiger partial charge in [0.1, 0.15) is 5.69 Å². The lowest BCUT2D eigenvalue weighted by atomic mass is 10.1. The molecule has 2 rings (SSSR count). The van der Waals surface area contributed by atoms with Gasteiger partial charge in [0.2, 0.25) is 17.6 Å². The van der Waals surface area contributed by atoms with Crippen molar-refractivity contribution in [2.24, 2.45) is 0 Å². The standard InChI is InChI=1S/C16H20N4O5/c1-3-24-15(22)16(2,23)10-18-12(21)7-8-13-19-14(20-25-13)11-6-4-5-9-17-11/h4-6,9,23H,3,7-8,10H2,1-2H3,(H,18,21). The van der Waals surface area contributed by atoms with Gasteiger partial charge in [0.25, 0.3) is 0 Å². The van der Waals surface area contributed by atoms with Crippen molar-refractivity contribution < 1.29 is 24.0 Å². The summed E-state index contributed by atoms with van der Waals surface area (Å²) in [7, 11) is 0. The van der Waals surface area contributed by atoms with Crippen LogP contribution in [0.5, 0.6) is 0 Å². The number of aromatic nitrogens is 3. The SMILES string of the molecule is CCOC(=O)C(C)(O)CNC(=O)CCc1nc(-c2ccccn2)no1. The number of pyridine rings is 1. The number of hydrogen-bond acceptors (Lipinski definition) is 8. The van der Waals surface area contributed by atoms with Crippen LogP contribution in [0.15, 0.2) is 28.9 Å². The molecule has 2 aromatic heterocycles. The van der Waals surface area contributed by atoms with Crippen LogP contribution >= 0.6 is 0 Å². The van der Waals surface area contributed by atoms with Crippen molar-refractivity contribution in [3.8, 4) is 11.5 Å². The molecule has 0 radical (unpaired) electrons. The lowest BCUT2D eigenvalue weighted by molar-refractivity contribution is -0.162. The molecule has 1 atom stereocenters. The Morgan fingerprint density at radius 1 is 1.40 bits per heavy atom. The number of esters is 1. The van der Waals surface area contributed by atoms with Crippen LogP contribution in [0.3, 0.4) is 0 Å². The van der Waals surface area contributed by atoms with Gasteiger partial charge >= 0.3 is 5.97 Å². The molecule has 2 heterocycles. The van der Waals surface area contributed by atoms with E-state index in [-0.39, 0.29) is 31.9 Å². The molecule has 1 unspecified atom stereocenters. The first-order valence-electron chi connectivity index (χ1n) is 7.82. The lowest BCUT2D eigenvalue weighted by Gasteiger charge is -2.21. The van der Waals surface area contributed by atoms with Gasteiger partial charge in [-0.15, -0.1) is 0 Å². The second-order valence-corrected chi connectivity index (χ2v) is 5.50. The first-order valence-corrected chi connectivity index (χ1v) is 7.82. The van der Waals surface area contributed by atoms with Crippen molar-refractivity contribution >= 4 is 11.9 Å². The minimum Gasteiger partial charge on any atom is -0.464 e. The molecule has 0 aliphatic heterocycles. The number of aliphatic hydroxyl groups is 1. The van der Waals surface area contributed by atoms with Crippen molar-refractivity contribution in [1.29, 1.82) is 0 Å². The molecule has 0 aliphatic carbocycles. The number of nitrogens with zero attached hydrogens (tertiary/aromatic N) is 3. The molecule has 0 aliphatic rings. The Morgan fingerprint density at radius 2 is 2.20 bits per heavy atom. The molecule has 0 bridgehead atoms. The number of carbonyl (C=O) groups is 2. The summed E-state index contributed by atoms with van der Waals surface area (Å²) < 4.78 is 9.81. The summed E-state index contributed by atoms with van der Waals surface area (Å²) in [5, 5.41) is 16.2. The van der Waals surface area contributed by atoms with Gasteiger partial charge in [-0.2, -0.15) is 4.98 Å². The number of rotatable bonds is 8. The molecule has 0 spiro atoms. The summed E-state index contributed by atoms with van der Waals surface area (Å²) >= 11 is 0. The van der Waals surface area contributed by atoms with Gasteiger partial charge in [0.15, 0.2) is 5.60 Å². The third-order valence-corrected chi connectivity index (χ3v) is 3.27. The second-order valence-electron chi connectivity index (χ2n) is 5.50. The highest BCUT2D eigenvalue weighted by atomic mass is 16.5. The van der Waals surface area contributed by atoms with Crippen LogP contribution in [-0.4, -0.2) is 50.9 Å². The molecular formula is C16H20N4O5. The molecule has 2 aromatic rings. The van der Waals surface area contributed by atoms with E-state index in [9.17, 15) is 14.7 Å². The molecule has 0 fully saturated rings. The van der Waals surface area contributed by atoms with E-state index in [1.807, 2.05) is 0 Å². The highest BCUT2D eigenvalue weighted by Crippen LogP contribution is 2.12. The molecule has 25 heavy (non-hydrogen) atoms. The summed E-state index contributed by atoms with van der Waals surface area (Å²) in [5.41, 5.74) is -1.20. The molecule has 0 saturated heterocycles. The lowest BCUT2D eigenvalue weighted by Crippen LogP contribution is -2.47. The topological polar surface area (TPSA) is 127 Å². The molecule has 1 amide bonds. The fourth-order valence-corrected chi connectivity index (χ4v) is 1.89. The number of carbonyl (C=O) groups excluding carboxylic acids is 2. The van der Waals surface area contributed by atoms with E-state index in [0.717, 1.165) is 0 Å². The van der Waals surface area contributed by atoms with Crippen LogP contribution < -0.4 is 5.32 Å². The van der Waals surface area contributed by atoms with Crippen LogP contribution in [0, 0.1) is 0 Å². The Labute approximate surface area is 144 Å². The Balaban J connectivity index is 1.81. The third-order valence-electron chi connectivity index (χ3n) is 3.27. The maximum Gasteiger partial charge on any atom is 0.339 e. The normalized spacial score (nSPS) is 13.1. The van der Waals surface area contributed by atoms with Gasteiger partial charge in [0, 0.05) is 19.0 Å². The second kappa shape index (κ2) is 8.34. The van der Waals surface area contributed by atoms with Crippen LogP contribution in [0.25, 0.3) is 11.5 Å². The number of nitrogens with one attached hydrogen (secondary N) is 1. The zero-order chi connectivity index (χ0) is 18.3. The van der Waals surface area contributed by atoms with Gasteiger partial charge in [0.05, 0.1) is 13.2 Å². The monoisotopic (exact) mass is 348 g/mol. The van der Waals surface area contributed by atoms with Crippen LogP contribution in [0.1, 0.15) is 26.2 Å². The zero-order valence-corrected chi connectivity index (χ0v) is 14.1. The summed E-state index contributed by atoms with van der Waals surface area (Å²) in [6.07, 6.45) is 1.92. The predicted octanol–water partition coefficient (Wildman–Crippen LogP) is 0.494. The van der Waals surface area contributed by atoms with Crippen molar-refractivity contribution in [3.63, 3.8) is 0 Å². The van der Waals surface area contributed by atoms with Crippen molar-refractivity contribution in [2.45, 2.75) is 32.3 Å². The molecule has 134 valence electrons. The Morgan fingerprint density at radius 3 is 2.88 bits per heavy atom. The van der Waals surface area contributed by atoms with Crippen LogP contribution in [0.4, 0.5) is 0 Å². The molecule has 0 saturated carbocycles. The minimum atomic E-state index is -1.78. The summed E-state index contributed by atoms with van der Waals surface area (Å²) in [6.45, 7) is 2.82. The minimum absolute atomic E-state index is 0.0722. The fraction of sp³-hybridized carbons (Fsp3) is 0.438. The number of ether oxygens (including phenoxy) is 1. The van der Waals surface area contributed by atoms with Gasteiger partial charge < -0.3 is 19.7 Å². The molecular weight excluding hydrogens is 328 g/mol. The van der Waals surface area contributed by atoms with E-state index >= 15 is 0 Å². The average Bonchev–Trinajstić information content (AvgIpc) is 3.08. The summed E-state index contributed by atoms with van der Waals surface area (Å²) in [6, 6.07) is 5.33. The maximum absolute atomic E-state index is 11.8. The molecule has 0 aromatic carbocycles. The Hall–Kier alpha value is -2.81.